The van der Waals surface area contributed by atoms with Crippen LogP contribution in [0.3, 0.4) is 0 Å². The molecule has 0 aromatic heterocycles. The Morgan fingerprint density at radius 1 is 0.800 bits per heavy atom. The second-order valence-corrected chi connectivity index (χ2v) is 3.40. The van der Waals surface area contributed by atoms with E-state index in [-0.39, 0.29) is 5.75 Å². The van der Waals surface area contributed by atoms with Gasteiger partial charge >= 0.3 is 0 Å². The normalized spacial score (nSPS) is 10.1. The molecule has 0 aliphatic heterocycles. The monoisotopic (exact) mass is 200 g/mol. The third-order valence-electron chi connectivity index (χ3n) is 2.24. The van der Waals surface area contributed by atoms with E-state index in [0.29, 0.717) is 11.4 Å². The molecule has 0 amide bonds. The van der Waals surface area contributed by atoms with Crippen LogP contribution in [0.15, 0.2) is 42.5 Å². The van der Waals surface area contributed by atoms with Crippen molar-refractivity contribution in [2.45, 2.75) is 0 Å². The van der Waals surface area contributed by atoms with Crippen LogP contribution in [0.2, 0.25) is 0 Å². The van der Waals surface area contributed by atoms with Gasteiger partial charge in [-0.2, -0.15) is 0 Å². The molecule has 0 saturated carbocycles. The summed E-state index contributed by atoms with van der Waals surface area (Å²) in [6, 6.07) is 12.4. The molecule has 5 N–H and O–H groups in total. The van der Waals surface area contributed by atoms with E-state index >= 15 is 0 Å². The lowest BCUT2D eigenvalue weighted by Gasteiger charge is -2.05. The molecule has 0 fully saturated rings. The summed E-state index contributed by atoms with van der Waals surface area (Å²) in [5.74, 6) is 0.180. The molecule has 0 heterocycles. The third-order valence-corrected chi connectivity index (χ3v) is 2.24. The number of phenols is 1. The summed E-state index contributed by atoms with van der Waals surface area (Å²) >= 11 is 0. The molecule has 0 aliphatic carbocycles. The summed E-state index contributed by atoms with van der Waals surface area (Å²) in [6.07, 6.45) is 0. The SMILES string of the molecule is Nc1ccc(-c2ccc(N)cc2O)cc1. The van der Waals surface area contributed by atoms with Crippen LogP contribution >= 0.6 is 0 Å². The van der Waals surface area contributed by atoms with E-state index in [1.54, 1.807) is 24.3 Å². The zero-order chi connectivity index (χ0) is 10.8. The fourth-order valence-electron chi connectivity index (χ4n) is 1.46. The van der Waals surface area contributed by atoms with Crippen LogP contribution in [0.5, 0.6) is 5.75 Å². The van der Waals surface area contributed by atoms with Crippen molar-refractivity contribution >= 4 is 11.4 Å². The lowest BCUT2D eigenvalue weighted by atomic mass is 10.0. The standard InChI is InChI=1S/C12H12N2O/c13-9-3-1-8(2-4-9)11-6-5-10(14)7-12(11)15/h1-7,15H,13-14H2. The van der Waals surface area contributed by atoms with Gasteiger partial charge in [-0.25, -0.2) is 0 Å². The fourth-order valence-corrected chi connectivity index (χ4v) is 1.46. The van der Waals surface area contributed by atoms with Gasteiger partial charge in [-0.1, -0.05) is 12.1 Å². The van der Waals surface area contributed by atoms with Gasteiger partial charge in [0, 0.05) is 23.0 Å². The highest BCUT2D eigenvalue weighted by Gasteiger charge is 2.03. The number of phenolic OH excluding ortho intramolecular Hbond substituents is 1. The second kappa shape index (κ2) is 3.53. The minimum absolute atomic E-state index is 0.180. The molecular weight excluding hydrogens is 188 g/mol. The summed E-state index contributed by atoms with van der Waals surface area (Å²) in [7, 11) is 0. The van der Waals surface area contributed by atoms with Crippen molar-refractivity contribution in [3.8, 4) is 16.9 Å². The van der Waals surface area contributed by atoms with Gasteiger partial charge in [0.05, 0.1) is 0 Å². The van der Waals surface area contributed by atoms with Crippen molar-refractivity contribution in [2.24, 2.45) is 0 Å². The topological polar surface area (TPSA) is 72.3 Å². The van der Waals surface area contributed by atoms with Gasteiger partial charge in [-0.3, -0.25) is 0 Å². The first-order valence-corrected chi connectivity index (χ1v) is 4.61. The Labute approximate surface area is 88.0 Å². The maximum atomic E-state index is 9.70. The molecule has 2 rings (SSSR count). The molecule has 0 unspecified atom stereocenters. The van der Waals surface area contributed by atoms with Gasteiger partial charge in [0.25, 0.3) is 0 Å². The summed E-state index contributed by atoms with van der Waals surface area (Å²) in [4.78, 5) is 0. The molecule has 0 radical (unpaired) electrons. The van der Waals surface area contributed by atoms with Crippen LogP contribution in [0.25, 0.3) is 11.1 Å². The van der Waals surface area contributed by atoms with E-state index < -0.39 is 0 Å². The molecule has 0 spiro atoms. The molecule has 2 aromatic rings. The summed E-state index contributed by atoms with van der Waals surface area (Å²) in [5.41, 5.74) is 14.1. The van der Waals surface area contributed by atoms with E-state index in [0.717, 1.165) is 11.1 Å². The number of benzene rings is 2. The lowest BCUT2D eigenvalue weighted by Crippen LogP contribution is -1.87. The maximum Gasteiger partial charge on any atom is 0.125 e. The zero-order valence-corrected chi connectivity index (χ0v) is 8.14. The molecule has 15 heavy (non-hydrogen) atoms. The Morgan fingerprint density at radius 3 is 2.00 bits per heavy atom. The predicted molar refractivity (Wildman–Crippen MR) is 62.4 cm³/mol. The van der Waals surface area contributed by atoms with Gasteiger partial charge in [0.1, 0.15) is 5.75 Å². The molecule has 76 valence electrons. The van der Waals surface area contributed by atoms with Crippen molar-refractivity contribution in [1.82, 2.24) is 0 Å². The van der Waals surface area contributed by atoms with Crippen LogP contribution in [0.4, 0.5) is 11.4 Å². The van der Waals surface area contributed by atoms with Crippen LogP contribution in [-0.2, 0) is 0 Å². The van der Waals surface area contributed by atoms with Gasteiger partial charge in [0.15, 0.2) is 0 Å². The molecule has 0 aliphatic rings. The third kappa shape index (κ3) is 1.86. The average Bonchev–Trinajstić information content (AvgIpc) is 2.20. The van der Waals surface area contributed by atoms with Crippen molar-refractivity contribution in [2.75, 3.05) is 11.5 Å². The van der Waals surface area contributed by atoms with Crippen molar-refractivity contribution in [3.63, 3.8) is 0 Å². The Kier molecular flexibility index (Phi) is 2.21. The highest BCUT2D eigenvalue weighted by Crippen LogP contribution is 2.30. The summed E-state index contributed by atoms with van der Waals surface area (Å²) < 4.78 is 0. The van der Waals surface area contributed by atoms with Gasteiger partial charge in [-0.05, 0) is 29.8 Å². The first-order chi connectivity index (χ1) is 7.16. The minimum atomic E-state index is 0.180. The van der Waals surface area contributed by atoms with E-state index in [9.17, 15) is 5.11 Å². The van der Waals surface area contributed by atoms with Crippen LogP contribution in [0.1, 0.15) is 0 Å². The molecular formula is C12H12N2O. The number of hydrogen-bond donors (Lipinski definition) is 3. The van der Waals surface area contributed by atoms with Crippen molar-refractivity contribution in [1.29, 1.82) is 0 Å². The van der Waals surface area contributed by atoms with Crippen molar-refractivity contribution < 1.29 is 5.11 Å². The van der Waals surface area contributed by atoms with Crippen LogP contribution < -0.4 is 11.5 Å². The Balaban J connectivity index is 2.49. The average molecular weight is 200 g/mol. The second-order valence-electron chi connectivity index (χ2n) is 3.40. The number of anilines is 2. The smallest absolute Gasteiger partial charge is 0.125 e. The maximum absolute atomic E-state index is 9.70. The summed E-state index contributed by atoms with van der Waals surface area (Å²) in [5, 5.41) is 9.70. The van der Waals surface area contributed by atoms with Gasteiger partial charge in [0.2, 0.25) is 0 Å². The van der Waals surface area contributed by atoms with Gasteiger partial charge in [-0.15, -0.1) is 0 Å². The number of hydrogen-bond acceptors (Lipinski definition) is 3. The first-order valence-electron chi connectivity index (χ1n) is 4.61. The first kappa shape index (κ1) is 9.40. The van der Waals surface area contributed by atoms with Crippen LogP contribution in [0, 0.1) is 0 Å². The number of nitrogens with two attached hydrogens (primary N) is 2. The molecule has 3 heteroatoms. The highest BCUT2D eigenvalue weighted by molar-refractivity contribution is 5.73. The quantitative estimate of drug-likeness (QED) is 0.618. The molecule has 3 nitrogen and oxygen atoms in total. The van der Waals surface area contributed by atoms with E-state index in [1.165, 1.54) is 6.07 Å². The Hall–Kier alpha value is -2.16. The molecule has 0 saturated heterocycles. The molecule has 2 aromatic carbocycles. The largest absolute Gasteiger partial charge is 0.507 e. The number of aromatic hydroxyl groups is 1. The van der Waals surface area contributed by atoms with Crippen LogP contribution in [-0.4, -0.2) is 5.11 Å². The zero-order valence-electron chi connectivity index (χ0n) is 8.14. The van der Waals surface area contributed by atoms with E-state index in [1.807, 2.05) is 12.1 Å². The Bertz CT molecular complexity index is 477. The van der Waals surface area contributed by atoms with Gasteiger partial charge < -0.3 is 16.6 Å². The minimum Gasteiger partial charge on any atom is -0.507 e. The van der Waals surface area contributed by atoms with E-state index in [2.05, 4.69) is 0 Å². The Morgan fingerprint density at radius 2 is 1.40 bits per heavy atom. The molecule has 0 bridgehead atoms. The fraction of sp³-hybridized carbons (Fsp3) is 0. The van der Waals surface area contributed by atoms with Crippen molar-refractivity contribution in [3.05, 3.63) is 42.5 Å². The predicted octanol–water partition coefficient (Wildman–Crippen LogP) is 2.22. The number of rotatable bonds is 1. The highest BCUT2D eigenvalue weighted by atomic mass is 16.3. The summed E-state index contributed by atoms with van der Waals surface area (Å²) in [6.45, 7) is 0. The molecule has 0 atom stereocenters. The lowest BCUT2D eigenvalue weighted by molar-refractivity contribution is 0.477. The van der Waals surface area contributed by atoms with E-state index in [4.69, 9.17) is 11.5 Å². The number of nitrogen functional groups attached to an aromatic ring is 2.